The molecule has 3 rings (SSSR count). The highest BCUT2D eigenvalue weighted by Crippen LogP contribution is 2.33. The second kappa shape index (κ2) is 7.25. The van der Waals surface area contributed by atoms with E-state index < -0.39 is 0 Å². The molecule has 1 unspecified atom stereocenters. The maximum Gasteiger partial charge on any atom is 0.254 e. The minimum Gasteiger partial charge on any atom is -0.454 e. The van der Waals surface area contributed by atoms with E-state index in [9.17, 15) is 9.59 Å². The molecule has 0 bridgehead atoms. The van der Waals surface area contributed by atoms with Crippen molar-refractivity contribution in [2.45, 2.75) is 26.3 Å². The molecule has 2 amide bonds. The van der Waals surface area contributed by atoms with E-state index in [4.69, 9.17) is 9.47 Å². The molecule has 1 N–H and O–H groups in total. The molecule has 0 saturated heterocycles. The van der Waals surface area contributed by atoms with Crippen LogP contribution in [0.15, 0.2) is 35.1 Å². The molecule has 2 aromatic rings. The summed E-state index contributed by atoms with van der Waals surface area (Å²) < 4.78 is 15.3. The standard InChI is InChI=1S/C17H19N3O5/c1-3-11(2)20(9-16(21)18-15-6-7-25-19-15)17(22)12-4-5-13-14(8-12)24-10-23-13/h4-8,11H,3,9-10H2,1-2H3,(H,18,19,21). The van der Waals surface area contributed by atoms with Crippen LogP contribution < -0.4 is 14.8 Å². The first-order valence-corrected chi connectivity index (χ1v) is 7.99. The number of hydrogen-bond acceptors (Lipinski definition) is 6. The molecule has 1 atom stereocenters. The number of ether oxygens (including phenoxy) is 2. The normalized spacial score (nSPS) is 13.4. The van der Waals surface area contributed by atoms with Crippen molar-refractivity contribution in [3.63, 3.8) is 0 Å². The molecule has 0 fully saturated rings. The Balaban J connectivity index is 1.75. The fraction of sp³-hybridized carbons (Fsp3) is 0.353. The number of benzene rings is 1. The summed E-state index contributed by atoms with van der Waals surface area (Å²) in [6.45, 7) is 3.91. The van der Waals surface area contributed by atoms with Crippen molar-refractivity contribution in [1.82, 2.24) is 10.1 Å². The Morgan fingerprint density at radius 3 is 2.80 bits per heavy atom. The Morgan fingerprint density at radius 2 is 2.08 bits per heavy atom. The lowest BCUT2D eigenvalue weighted by molar-refractivity contribution is -0.117. The van der Waals surface area contributed by atoms with Crippen LogP contribution >= 0.6 is 0 Å². The minimum atomic E-state index is -0.344. The lowest BCUT2D eigenvalue weighted by atomic mass is 10.1. The second-order valence-corrected chi connectivity index (χ2v) is 5.69. The number of nitrogens with one attached hydrogen (secondary N) is 1. The summed E-state index contributed by atoms with van der Waals surface area (Å²) in [6.07, 6.45) is 2.08. The Labute approximate surface area is 144 Å². The third-order valence-electron chi connectivity index (χ3n) is 4.02. The molecule has 0 radical (unpaired) electrons. The Morgan fingerprint density at radius 1 is 1.28 bits per heavy atom. The van der Waals surface area contributed by atoms with Crippen molar-refractivity contribution in [3.05, 3.63) is 36.1 Å². The van der Waals surface area contributed by atoms with Crippen LogP contribution in [0.4, 0.5) is 5.82 Å². The molecule has 8 nitrogen and oxygen atoms in total. The van der Waals surface area contributed by atoms with Gasteiger partial charge in [0.2, 0.25) is 12.7 Å². The van der Waals surface area contributed by atoms with Crippen LogP contribution in [0.5, 0.6) is 11.5 Å². The van der Waals surface area contributed by atoms with Gasteiger partial charge in [0.1, 0.15) is 12.8 Å². The largest absolute Gasteiger partial charge is 0.454 e. The van der Waals surface area contributed by atoms with E-state index in [-0.39, 0.29) is 31.2 Å². The van der Waals surface area contributed by atoms with E-state index in [1.54, 1.807) is 18.2 Å². The van der Waals surface area contributed by atoms with Crippen LogP contribution in [-0.2, 0) is 4.79 Å². The van der Waals surface area contributed by atoms with Crippen molar-refractivity contribution in [3.8, 4) is 11.5 Å². The van der Waals surface area contributed by atoms with Crippen molar-refractivity contribution >= 4 is 17.6 Å². The molecule has 0 saturated carbocycles. The van der Waals surface area contributed by atoms with Gasteiger partial charge < -0.3 is 24.2 Å². The van der Waals surface area contributed by atoms with Crippen molar-refractivity contribution < 1.29 is 23.6 Å². The Bertz CT molecular complexity index is 760. The molecule has 0 aliphatic carbocycles. The highest BCUT2D eigenvalue weighted by Gasteiger charge is 2.25. The van der Waals surface area contributed by atoms with Crippen LogP contribution in [-0.4, -0.2) is 41.3 Å². The summed E-state index contributed by atoms with van der Waals surface area (Å²) in [4.78, 5) is 26.7. The number of amides is 2. The molecule has 1 aliphatic heterocycles. The topological polar surface area (TPSA) is 93.9 Å². The van der Waals surface area contributed by atoms with E-state index in [2.05, 4.69) is 15.0 Å². The van der Waals surface area contributed by atoms with E-state index >= 15 is 0 Å². The van der Waals surface area contributed by atoms with Gasteiger partial charge >= 0.3 is 0 Å². The van der Waals surface area contributed by atoms with Crippen LogP contribution in [0.3, 0.4) is 0 Å². The highest BCUT2D eigenvalue weighted by molar-refractivity contribution is 5.99. The van der Waals surface area contributed by atoms with Gasteiger partial charge in [-0.05, 0) is 31.5 Å². The number of anilines is 1. The zero-order valence-corrected chi connectivity index (χ0v) is 14.0. The number of carbonyl (C=O) groups is 2. The van der Waals surface area contributed by atoms with Gasteiger partial charge in [-0.25, -0.2) is 0 Å². The molecule has 8 heteroatoms. The smallest absolute Gasteiger partial charge is 0.254 e. The van der Waals surface area contributed by atoms with Crippen LogP contribution in [0.2, 0.25) is 0 Å². The molecule has 2 heterocycles. The quantitative estimate of drug-likeness (QED) is 0.863. The van der Waals surface area contributed by atoms with Gasteiger partial charge in [-0.3, -0.25) is 9.59 Å². The minimum absolute atomic E-state index is 0.0882. The first-order chi connectivity index (χ1) is 12.1. The monoisotopic (exact) mass is 345 g/mol. The predicted molar refractivity (Wildman–Crippen MR) is 88.5 cm³/mol. The maximum absolute atomic E-state index is 12.9. The maximum atomic E-state index is 12.9. The molecule has 0 spiro atoms. The van der Waals surface area contributed by atoms with Gasteiger partial charge in [0.25, 0.3) is 5.91 Å². The van der Waals surface area contributed by atoms with Crippen molar-refractivity contribution in [1.29, 1.82) is 0 Å². The first kappa shape index (κ1) is 16.8. The van der Waals surface area contributed by atoms with E-state index in [0.717, 1.165) is 0 Å². The van der Waals surface area contributed by atoms with Gasteiger partial charge in [-0.2, -0.15) is 0 Å². The third kappa shape index (κ3) is 3.73. The average Bonchev–Trinajstić information content (AvgIpc) is 3.29. The van der Waals surface area contributed by atoms with Crippen molar-refractivity contribution in [2.75, 3.05) is 18.7 Å². The molecule has 1 aliphatic rings. The Hall–Kier alpha value is -3.03. The van der Waals surface area contributed by atoms with Gasteiger partial charge in [0.05, 0.1) is 0 Å². The molecular weight excluding hydrogens is 326 g/mol. The fourth-order valence-electron chi connectivity index (χ4n) is 2.46. The van der Waals surface area contributed by atoms with Crippen molar-refractivity contribution in [2.24, 2.45) is 0 Å². The van der Waals surface area contributed by atoms with Crippen LogP contribution in [0, 0.1) is 0 Å². The number of nitrogens with zero attached hydrogens (tertiary/aromatic N) is 2. The fourth-order valence-corrected chi connectivity index (χ4v) is 2.46. The molecule has 1 aromatic heterocycles. The third-order valence-corrected chi connectivity index (χ3v) is 4.02. The lowest BCUT2D eigenvalue weighted by Crippen LogP contribution is -2.43. The number of hydrogen-bond donors (Lipinski definition) is 1. The SMILES string of the molecule is CCC(C)N(CC(=O)Nc1ccon1)C(=O)c1ccc2c(c1)OCO2. The van der Waals surface area contributed by atoms with Gasteiger partial charge in [-0.1, -0.05) is 12.1 Å². The summed E-state index contributed by atoms with van der Waals surface area (Å²) in [5, 5.41) is 6.23. The molecule has 1 aromatic carbocycles. The van der Waals surface area contributed by atoms with Crippen LogP contribution in [0.25, 0.3) is 0 Å². The molecule has 25 heavy (non-hydrogen) atoms. The number of fused-ring (bicyclic) bond motifs is 1. The van der Waals surface area contributed by atoms with Gasteiger partial charge in [0, 0.05) is 17.7 Å². The summed E-state index contributed by atoms with van der Waals surface area (Å²) in [7, 11) is 0. The molecule has 132 valence electrons. The van der Waals surface area contributed by atoms with E-state index in [1.807, 2.05) is 13.8 Å². The molecular formula is C17H19N3O5. The number of carbonyl (C=O) groups excluding carboxylic acids is 2. The van der Waals surface area contributed by atoms with Crippen LogP contribution in [0.1, 0.15) is 30.6 Å². The predicted octanol–water partition coefficient (Wildman–Crippen LogP) is 2.28. The summed E-state index contributed by atoms with van der Waals surface area (Å²) in [6, 6.07) is 6.42. The average molecular weight is 345 g/mol. The highest BCUT2D eigenvalue weighted by atomic mass is 16.7. The number of aromatic nitrogens is 1. The Kier molecular flexibility index (Phi) is 4.87. The zero-order chi connectivity index (χ0) is 17.8. The summed E-state index contributed by atoms with van der Waals surface area (Å²) in [5.74, 6) is 0.855. The van der Waals surface area contributed by atoms with E-state index in [1.165, 1.54) is 17.2 Å². The number of rotatable bonds is 6. The van der Waals surface area contributed by atoms with Gasteiger partial charge in [-0.15, -0.1) is 0 Å². The summed E-state index contributed by atoms with van der Waals surface area (Å²) in [5.41, 5.74) is 0.443. The first-order valence-electron chi connectivity index (χ1n) is 7.99. The zero-order valence-electron chi connectivity index (χ0n) is 14.0. The lowest BCUT2D eigenvalue weighted by Gasteiger charge is -2.28. The van der Waals surface area contributed by atoms with E-state index in [0.29, 0.717) is 29.3 Å². The van der Waals surface area contributed by atoms with Gasteiger partial charge in [0.15, 0.2) is 17.3 Å². The second-order valence-electron chi connectivity index (χ2n) is 5.69. The summed E-state index contributed by atoms with van der Waals surface area (Å²) >= 11 is 0.